The van der Waals surface area contributed by atoms with Gasteiger partial charge in [0.05, 0.1) is 19.6 Å². The van der Waals surface area contributed by atoms with Gasteiger partial charge in [-0.05, 0) is 28.7 Å². The Bertz CT molecular complexity index is 404. The molecular formula is C9H9IN2O2. The smallest absolute Gasteiger partial charge is 0.354 e. The molecule has 0 spiro atoms. The minimum Gasteiger partial charge on any atom is -0.464 e. The highest BCUT2D eigenvalue weighted by molar-refractivity contribution is 14.1. The van der Waals surface area contributed by atoms with Gasteiger partial charge in [-0.25, -0.2) is 4.79 Å². The van der Waals surface area contributed by atoms with E-state index in [1.54, 1.807) is 17.7 Å². The molecule has 1 aromatic heterocycles. The van der Waals surface area contributed by atoms with Crippen LogP contribution in [-0.4, -0.2) is 17.6 Å². The number of nitrogens with zero attached hydrogens (tertiary/aromatic N) is 2. The first-order valence-corrected chi connectivity index (χ1v) is 4.99. The molecule has 0 N–H and O–H groups in total. The van der Waals surface area contributed by atoms with Crippen molar-refractivity contribution in [3.05, 3.63) is 21.0 Å². The molecule has 0 fully saturated rings. The second kappa shape index (κ2) is 4.46. The van der Waals surface area contributed by atoms with Gasteiger partial charge in [0.25, 0.3) is 0 Å². The second-order valence-electron chi connectivity index (χ2n) is 2.71. The topological polar surface area (TPSA) is 55.0 Å². The van der Waals surface area contributed by atoms with Gasteiger partial charge >= 0.3 is 5.97 Å². The Labute approximate surface area is 95.6 Å². The van der Waals surface area contributed by atoms with Crippen molar-refractivity contribution in [2.24, 2.45) is 7.05 Å². The molecule has 0 saturated heterocycles. The minimum absolute atomic E-state index is 0.297. The number of halogens is 1. The maximum absolute atomic E-state index is 11.3. The molecule has 14 heavy (non-hydrogen) atoms. The monoisotopic (exact) mass is 304 g/mol. The molecule has 5 heteroatoms. The molecule has 0 atom stereocenters. The Morgan fingerprint density at radius 2 is 2.43 bits per heavy atom. The van der Waals surface area contributed by atoms with Crippen LogP contribution in [0.3, 0.4) is 0 Å². The van der Waals surface area contributed by atoms with Crippen molar-refractivity contribution in [1.29, 1.82) is 5.26 Å². The van der Waals surface area contributed by atoms with Gasteiger partial charge in [0, 0.05) is 16.3 Å². The van der Waals surface area contributed by atoms with Crippen LogP contribution in [0, 0.1) is 14.9 Å². The van der Waals surface area contributed by atoms with Crippen LogP contribution in [0.5, 0.6) is 0 Å². The molecule has 1 rings (SSSR count). The molecule has 0 amide bonds. The fourth-order valence-electron chi connectivity index (χ4n) is 1.18. The zero-order chi connectivity index (χ0) is 10.7. The van der Waals surface area contributed by atoms with Gasteiger partial charge in [-0.3, -0.25) is 0 Å². The predicted molar refractivity (Wildman–Crippen MR) is 58.8 cm³/mol. The van der Waals surface area contributed by atoms with Gasteiger partial charge in [0.15, 0.2) is 0 Å². The summed E-state index contributed by atoms with van der Waals surface area (Å²) in [5.41, 5.74) is 1.32. The Balaban J connectivity index is 3.18. The van der Waals surface area contributed by atoms with Crippen molar-refractivity contribution in [2.75, 3.05) is 7.11 Å². The molecule has 1 heterocycles. The Morgan fingerprint density at radius 1 is 1.79 bits per heavy atom. The summed E-state index contributed by atoms with van der Waals surface area (Å²) in [7, 11) is 3.09. The normalized spacial score (nSPS) is 9.57. The molecular weight excluding hydrogens is 295 g/mol. The van der Waals surface area contributed by atoms with E-state index in [1.807, 2.05) is 0 Å². The summed E-state index contributed by atoms with van der Waals surface area (Å²) in [6, 6.07) is 3.78. The van der Waals surface area contributed by atoms with Crippen LogP contribution in [0.25, 0.3) is 0 Å². The summed E-state index contributed by atoms with van der Waals surface area (Å²) < 4.78 is 7.22. The van der Waals surface area contributed by atoms with Crippen molar-refractivity contribution in [2.45, 2.75) is 6.42 Å². The van der Waals surface area contributed by atoms with Crippen molar-refractivity contribution in [3.63, 3.8) is 0 Å². The number of ether oxygens (including phenoxy) is 1. The highest BCUT2D eigenvalue weighted by atomic mass is 127. The summed E-state index contributed by atoms with van der Waals surface area (Å²) in [6.07, 6.45) is 0.297. The van der Waals surface area contributed by atoms with Crippen molar-refractivity contribution < 1.29 is 9.53 Å². The van der Waals surface area contributed by atoms with Crippen LogP contribution in [0.15, 0.2) is 6.07 Å². The standard InChI is InChI=1S/C9H9IN2O2/c1-12-7(3-4-11)6(10)5-8(12)9(13)14-2/h5H,3H2,1-2H3. The highest BCUT2D eigenvalue weighted by Crippen LogP contribution is 2.18. The zero-order valence-corrected chi connectivity index (χ0v) is 10.0. The first-order chi connectivity index (χ1) is 6.61. The van der Waals surface area contributed by atoms with E-state index in [0.29, 0.717) is 12.1 Å². The van der Waals surface area contributed by atoms with Crippen LogP contribution in [-0.2, 0) is 18.2 Å². The summed E-state index contributed by atoms with van der Waals surface area (Å²) in [5.74, 6) is -0.380. The van der Waals surface area contributed by atoms with Crippen LogP contribution < -0.4 is 0 Å². The highest BCUT2D eigenvalue weighted by Gasteiger charge is 2.16. The number of aromatic nitrogens is 1. The van der Waals surface area contributed by atoms with Crippen LogP contribution >= 0.6 is 22.6 Å². The number of hydrogen-bond acceptors (Lipinski definition) is 3. The van der Waals surface area contributed by atoms with Crippen molar-refractivity contribution in [1.82, 2.24) is 4.57 Å². The molecule has 0 aliphatic rings. The van der Waals surface area contributed by atoms with Gasteiger partial charge in [-0.15, -0.1) is 0 Å². The molecule has 0 radical (unpaired) electrons. The molecule has 0 unspecified atom stereocenters. The van der Waals surface area contributed by atoms with Gasteiger partial charge in [0.1, 0.15) is 5.69 Å². The third-order valence-corrected chi connectivity index (χ3v) is 2.88. The number of carbonyl (C=O) groups is 1. The molecule has 4 nitrogen and oxygen atoms in total. The number of methoxy groups -OCH3 is 1. The average molecular weight is 304 g/mol. The van der Waals surface area contributed by atoms with Crippen molar-refractivity contribution >= 4 is 28.6 Å². The van der Waals surface area contributed by atoms with Gasteiger partial charge in [-0.2, -0.15) is 5.26 Å². The molecule has 0 bridgehead atoms. The van der Waals surface area contributed by atoms with E-state index >= 15 is 0 Å². The molecule has 0 aliphatic heterocycles. The van der Waals surface area contributed by atoms with Crippen LogP contribution in [0.1, 0.15) is 16.2 Å². The van der Waals surface area contributed by atoms with Gasteiger partial charge in [0.2, 0.25) is 0 Å². The van der Waals surface area contributed by atoms with Gasteiger partial charge in [-0.1, -0.05) is 0 Å². The SMILES string of the molecule is COC(=O)c1cc(I)c(CC#N)n1C. The zero-order valence-electron chi connectivity index (χ0n) is 7.87. The third-order valence-electron chi connectivity index (χ3n) is 1.95. The lowest BCUT2D eigenvalue weighted by Gasteiger charge is -2.03. The minimum atomic E-state index is -0.380. The van der Waals surface area contributed by atoms with Crippen LogP contribution in [0.4, 0.5) is 0 Å². The molecule has 74 valence electrons. The quantitative estimate of drug-likeness (QED) is 0.614. The largest absolute Gasteiger partial charge is 0.464 e. The molecule has 1 aromatic rings. The van der Waals surface area contributed by atoms with Crippen LogP contribution in [0.2, 0.25) is 0 Å². The Hall–Kier alpha value is -1.03. The summed E-state index contributed by atoms with van der Waals surface area (Å²) in [6.45, 7) is 0. The van der Waals surface area contributed by atoms with E-state index in [-0.39, 0.29) is 5.97 Å². The molecule has 0 saturated carbocycles. The lowest BCUT2D eigenvalue weighted by molar-refractivity contribution is 0.0589. The third kappa shape index (κ3) is 1.90. The van der Waals surface area contributed by atoms with E-state index in [4.69, 9.17) is 5.26 Å². The summed E-state index contributed by atoms with van der Waals surface area (Å²) in [4.78, 5) is 11.3. The molecule has 0 aliphatic carbocycles. The van der Waals surface area contributed by atoms with Gasteiger partial charge < -0.3 is 9.30 Å². The second-order valence-corrected chi connectivity index (χ2v) is 3.87. The Kier molecular flexibility index (Phi) is 3.52. The number of rotatable bonds is 2. The fraction of sp³-hybridized carbons (Fsp3) is 0.333. The Morgan fingerprint density at radius 3 is 2.93 bits per heavy atom. The predicted octanol–water partition coefficient (Wildman–Crippen LogP) is 1.48. The first-order valence-electron chi connectivity index (χ1n) is 3.91. The first kappa shape index (κ1) is 11.0. The summed E-state index contributed by atoms with van der Waals surface area (Å²) >= 11 is 2.10. The van der Waals surface area contributed by atoms with E-state index in [1.165, 1.54) is 7.11 Å². The van der Waals surface area contributed by atoms with E-state index in [9.17, 15) is 4.79 Å². The lowest BCUT2D eigenvalue weighted by Crippen LogP contribution is -2.09. The number of carbonyl (C=O) groups excluding carboxylic acids is 1. The summed E-state index contributed by atoms with van der Waals surface area (Å²) in [5, 5.41) is 8.59. The van der Waals surface area contributed by atoms with E-state index in [2.05, 4.69) is 33.4 Å². The maximum Gasteiger partial charge on any atom is 0.354 e. The number of esters is 1. The number of hydrogen-bond donors (Lipinski definition) is 0. The fourth-order valence-corrected chi connectivity index (χ4v) is 2.03. The molecule has 0 aromatic carbocycles. The van der Waals surface area contributed by atoms with E-state index < -0.39 is 0 Å². The maximum atomic E-state index is 11.3. The number of nitriles is 1. The average Bonchev–Trinajstić information content (AvgIpc) is 2.45. The van der Waals surface area contributed by atoms with E-state index in [0.717, 1.165) is 9.26 Å². The van der Waals surface area contributed by atoms with Crippen molar-refractivity contribution in [3.8, 4) is 6.07 Å². The lowest BCUT2D eigenvalue weighted by atomic mass is 10.3.